The van der Waals surface area contributed by atoms with Gasteiger partial charge in [-0.1, -0.05) is 48.6 Å². The van der Waals surface area contributed by atoms with Gasteiger partial charge in [-0.05, 0) is 42.2 Å². The molecule has 1 unspecified atom stereocenters. The summed E-state index contributed by atoms with van der Waals surface area (Å²) in [4.78, 5) is 4.25. The molecule has 0 aliphatic heterocycles. The lowest BCUT2D eigenvalue weighted by molar-refractivity contribution is 0.904. The summed E-state index contributed by atoms with van der Waals surface area (Å²) in [5, 5.41) is 6.85. The lowest BCUT2D eigenvalue weighted by Crippen LogP contribution is -2.24. The normalized spacial score (nSPS) is 15.4. The van der Waals surface area contributed by atoms with Crippen LogP contribution in [0.4, 0.5) is 11.4 Å². The number of para-hydroxylation sites is 2. The van der Waals surface area contributed by atoms with Crippen LogP contribution in [-0.4, -0.2) is 26.4 Å². The molecule has 3 rings (SSSR count). The Bertz CT molecular complexity index is 788. The van der Waals surface area contributed by atoms with Crippen LogP contribution in [0.15, 0.2) is 77.3 Å². The Morgan fingerprint density at radius 1 is 0.960 bits per heavy atom. The van der Waals surface area contributed by atoms with Gasteiger partial charge < -0.3 is 10.6 Å². The Balaban J connectivity index is 1.82. The van der Waals surface area contributed by atoms with Crippen molar-refractivity contribution in [3.8, 4) is 0 Å². The maximum absolute atomic E-state index is 4.25. The van der Waals surface area contributed by atoms with Gasteiger partial charge in [0.2, 0.25) is 0 Å². The molecule has 0 spiro atoms. The second kappa shape index (κ2) is 8.34. The number of hydrogen-bond donors (Lipinski definition) is 2. The molecule has 3 heteroatoms. The maximum atomic E-state index is 4.25. The van der Waals surface area contributed by atoms with E-state index in [9.17, 15) is 0 Å². The number of aliphatic imine (C=N–C) groups is 1. The van der Waals surface area contributed by atoms with Gasteiger partial charge in [0, 0.05) is 37.2 Å². The van der Waals surface area contributed by atoms with Gasteiger partial charge in [0.25, 0.3) is 0 Å². The Hall–Kier alpha value is -2.81. The first-order valence-electron chi connectivity index (χ1n) is 8.72. The van der Waals surface area contributed by atoms with Gasteiger partial charge >= 0.3 is 0 Å². The molecule has 0 heterocycles. The van der Waals surface area contributed by atoms with E-state index < -0.39 is 0 Å². The number of hydrogen-bond acceptors (Lipinski definition) is 3. The van der Waals surface area contributed by atoms with E-state index in [0.717, 1.165) is 18.5 Å². The minimum absolute atomic E-state index is 0.129. The van der Waals surface area contributed by atoms with E-state index in [4.69, 9.17) is 0 Å². The Morgan fingerprint density at radius 2 is 1.72 bits per heavy atom. The van der Waals surface area contributed by atoms with Crippen molar-refractivity contribution in [1.29, 1.82) is 0 Å². The van der Waals surface area contributed by atoms with Crippen LogP contribution in [0.2, 0.25) is 0 Å². The highest BCUT2D eigenvalue weighted by Gasteiger charge is 2.17. The van der Waals surface area contributed by atoms with Crippen LogP contribution in [0.25, 0.3) is 5.57 Å². The first kappa shape index (κ1) is 17.0. The number of rotatable bonds is 6. The molecule has 0 radical (unpaired) electrons. The highest BCUT2D eigenvalue weighted by Crippen LogP contribution is 2.32. The molecule has 2 N–H and O–H groups in total. The summed E-state index contributed by atoms with van der Waals surface area (Å²) >= 11 is 0. The van der Waals surface area contributed by atoms with Crippen molar-refractivity contribution in [3.05, 3.63) is 77.9 Å². The lowest BCUT2D eigenvalue weighted by Gasteiger charge is -2.23. The van der Waals surface area contributed by atoms with Crippen LogP contribution in [0.5, 0.6) is 0 Å². The van der Waals surface area contributed by atoms with E-state index in [1.54, 1.807) is 0 Å². The number of nitrogens with zero attached hydrogens (tertiary/aromatic N) is 1. The predicted octanol–water partition coefficient (Wildman–Crippen LogP) is 5.01. The van der Waals surface area contributed by atoms with Crippen molar-refractivity contribution in [2.24, 2.45) is 4.99 Å². The fraction of sp³-hybridized carbons (Fsp3) is 0.227. The predicted molar refractivity (Wildman–Crippen MR) is 110 cm³/mol. The molecular formula is C22H25N3. The molecular weight excluding hydrogens is 306 g/mol. The minimum atomic E-state index is 0.129. The maximum Gasteiger partial charge on any atom is 0.0828 e. The Labute approximate surface area is 150 Å². The van der Waals surface area contributed by atoms with Crippen molar-refractivity contribution < 1.29 is 0 Å². The van der Waals surface area contributed by atoms with Gasteiger partial charge in [-0.2, -0.15) is 0 Å². The number of allylic oxidation sites excluding steroid dienone is 3. The van der Waals surface area contributed by atoms with Gasteiger partial charge in [0.05, 0.1) is 6.04 Å². The van der Waals surface area contributed by atoms with E-state index in [1.165, 1.54) is 22.4 Å². The lowest BCUT2D eigenvalue weighted by atomic mass is 9.89. The molecule has 2 aromatic carbocycles. The van der Waals surface area contributed by atoms with E-state index in [2.05, 4.69) is 64.2 Å². The summed E-state index contributed by atoms with van der Waals surface area (Å²) in [6.45, 7) is 0. The molecule has 128 valence electrons. The second-order valence-corrected chi connectivity index (χ2v) is 6.12. The Morgan fingerprint density at radius 3 is 2.40 bits per heavy atom. The fourth-order valence-electron chi connectivity index (χ4n) is 3.21. The van der Waals surface area contributed by atoms with Crippen LogP contribution in [0, 0.1) is 0 Å². The zero-order valence-corrected chi connectivity index (χ0v) is 14.9. The van der Waals surface area contributed by atoms with Crippen molar-refractivity contribution >= 4 is 23.2 Å². The van der Waals surface area contributed by atoms with Gasteiger partial charge in [0.15, 0.2) is 0 Å². The molecule has 0 aromatic heterocycles. The minimum Gasteiger partial charge on any atom is -0.388 e. The third-order valence-electron chi connectivity index (χ3n) is 4.52. The molecule has 0 saturated heterocycles. The summed E-state index contributed by atoms with van der Waals surface area (Å²) < 4.78 is 0. The quantitative estimate of drug-likeness (QED) is 0.730. The summed E-state index contributed by atoms with van der Waals surface area (Å²) in [6.07, 6.45) is 8.54. The van der Waals surface area contributed by atoms with Crippen molar-refractivity contribution in [1.82, 2.24) is 0 Å². The molecule has 0 bridgehead atoms. The summed E-state index contributed by atoms with van der Waals surface area (Å²) in [5.74, 6) is 0. The Kier molecular flexibility index (Phi) is 5.68. The fourth-order valence-corrected chi connectivity index (χ4v) is 3.21. The SMILES string of the molecule is CN=CC(Nc1ccccc1)C1=CC=C(c2ccccc2NC)CC1. The summed E-state index contributed by atoms with van der Waals surface area (Å²) in [7, 11) is 3.80. The van der Waals surface area contributed by atoms with Gasteiger partial charge in [0.1, 0.15) is 0 Å². The van der Waals surface area contributed by atoms with Crippen LogP contribution >= 0.6 is 0 Å². The average Bonchev–Trinajstić information content (AvgIpc) is 2.68. The van der Waals surface area contributed by atoms with E-state index in [1.807, 2.05) is 38.5 Å². The smallest absolute Gasteiger partial charge is 0.0828 e. The first-order chi connectivity index (χ1) is 12.3. The number of benzene rings is 2. The molecule has 0 amide bonds. The van der Waals surface area contributed by atoms with E-state index in [-0.39, 0.29) is 6.04 Å². The van der Waals surface area contributed by atoms with Crippen molar-refractivity contribution in [2.45, 2.75) is 18.9 Å². The second-order valence-electron chi connectivity index (χ2n) is 6.12. The standard InChI is InChI=1S/C22H25N3/c1-23-16-22(25-19-8-4-3-5-9-19)18-14-12-17(13-15-18)20-10-6-7-11-21(20)24-2/h3-12,14,16,22,24-25H,13,15H2,1-2H3. The van der Waals surface area contributed by atoms with Crippen LogP contribution in [0.1, 0.15) is 18.4 Å². The zero-order chi connectivity index (χ0) is 17.5. The molecule has 25 heavy (non-hydrogen) atoms. The molecule has 1 atom stereocenters. The van der Waals surface area contributed by atoms with Crippen LogP contribution in [-0.2, 0) is 0 Å². The van der Waals surface area contributed by atoms with Crippen molar-refractivity contribution in [3.63, 3.8) is 0 Å². The molecule has 0 fully saturated rings. The molecule has 2 aromatic rings. The summed E-state index contributed by atoms with van der Waals surface area (Å²) in [6, 6.07) is 18.9. The van der Waals surface area contributed by atoms with Gasteiger partial charge in [-0.15, -0.1) is 0 Å². The molecule has 3 nitrogen and oxygen atoms in total. The third kappa shape index (κ3) is 4.18. The third-order valence-corrected chi connectivity index (χ3v) is 4.52. The average molecular weight is 331 g/mol. The monoisotopic (exact) mass is 331 g/mol. The number of anilines is 2. The highest BCUT2D eigenvalue weighted by atomic mass is 14.9. The zero-order valence-electron chi connectivity index (χ0n) is 14.9. The summed E-state index contributed by atoms with van der Waals surface area (Å²) in [5.41, 5.74) is 6.32. The van der Waals surface area contributed by atoms with Gasteiger partial charge in [-0.25, -0.2) is 0 Å². The molecule has 1 aliphatic carbocycles. The highest BCUT2D eigenvalue weighted by molar-refractivity contribution is 5.80. The topological polar surface area (TPSA) is 36.4 Å². The van der Waals surface area contributed by atoms with Gasteiger partial charge in [-0.3, -0.25) is 4.99 Å². The van der Waals surface area contributed by atoms with Crippen LogP contribution < -0.4 is 10.6 Å². The van der Waals surface area contributed by atoms with Crippen molar-refractivity contribution in [2.75, 3.05) is 24.7 Å². The largest absolute Gasteiger partial charge is 0.388 e. The molecule has 1 aliphatic rings. The number of nitrogens with one attached hydrogen (secondary N) is 2. The first-order valence-corrected chi connectivity index (χ1v) is 8.72. The van der Waals surface area contributed by atoms with E-state index in [0.29, 0.717) is 0 Å². The van der Waals surface area contributed by atoms with Crippen LogP contribution in [0.3, 0.4) is 0 Å². The van der Waals surface area contributed by atoms with E-state index >= 15 is 0 Å². The molecule has 0 saturated carbocycles.